The lowest BCUT2D eigenvalue weighted by atomic mass is 10.1. The molecule has 15 heavy (non-hydrogen) atoms. The van der Waals surface area contributed by atoms with Crippen LogP contribution in [-0.4, -0.2) is 29.3 Å². The number of nitrogens with zero attached hydrogens (tertiary/aromatic N) is 2. The molecule has 0 N–H and O–H groups in total. The highest BCUT2D eigenvalue weighted by molar-refractivity contribution is 14.1. The summed E-state index contributed by atoms with van der Waals surface area (Å²) in [6.07, 6.45) is 0. The SMILES string of the molecule is Cc1cccc(F)c1N1CCN(I)CC1. The number of rotatable bonds is 1. The first-order valence-electron chi connectivity index (χ1n) is 5.09. The van der Waals surface area contributed by atoms with Gasteiger partial charge in [-0.2, -0.15) is 0 Å². The molecule has 1 aromatic rings. The molecule has 0 bridgehead atoms. The molecule has 0 amide bonds. The minimum Gasteiger partial charge on any atom is -0.366 e. The summed E-state index contributed by atoms with van der Waals surface area (Å²) in [6, 6.07) is 5.27. The summed E-state index contributed by atoms with van der Waals surface area (Å²) in [6.45, 7) is 5.77. The van der Waals surface area contributed by atoms with Crippen molar-refractivity contribution in [1.82, 2.24) is 3.11 Å². The number of aryl methyl sites for hydroxylation is 1. The van der Waals surface area contributed by atoms with E-state index in [-0.39, 0.29) is 5.82 Å². The zero-order chi connectivity index (χ0) is 10.8. The van der Waals surface area contributed by atoms with Gasteiger partial charge in [-0.15, -0.1) is 0 Å². The maximum atomic E-state index is 13.7. The van der Waals surface area contributed by atoms with Crippen LogP contribution in [0.25, 0.3) is 0 Å². The average Bonchev–Trinajstić information content (AvgIpc) is 2.20. The van der Waals surface area contributed by atoms with E-state index in [1.807, 2.05) is 13.0 Å². The summed E-state index contributed by atoms with van der Waals surface area (Å²) >= 11 is 2.32. The minimum absolute atomic E-state index is 0.100. The van der Waals surface area contributed by atoms with Crippen LogP contribution in [0.5, 0.6) is 0 Å². The number of halogens is 2. The Morgan fingerprint density at radius 2 is 1.87 bits per heavy atom. The van der Waals surface area contributed by atoms with Crippen LogP contribution in [0.3, 0.4) is 0 Å². The van der Waals surface area contributed by atoms with Crippen molar-refractivity contribution in [2.45, 2.75) is 6.92 Å². The molecular formula is C11H14FIN2. The van der Waals surface area contributed by atoms with Gasteiger partial charge in [0.15, 0.2) is 0 Å². The number of para-hydroxylation sites is 1. The van der Waals surface area contributed by atoms with E-state index in [0.717, 1.165) is 37.4 Å². The Hall–Kier alpha value is -0.360. The molecule has 0 saturated carbocycles. The second-order valence-electron chi connectivity index (χ2n) is 3.80. The fourth-order valence-corrected chi connectivity index (χ4v) is 2.36. The molecule has 0 aliphatic carbocycles. The fraction of sp³-hybridized carbons (Fsp3) is 0.455. The lowest BCUT2D eigenvalue weighted by Crippen LogP contribution is -2.42. The first kappa shape index (κ1) is 11.1. The monoisotopic (exact) mass is 320 g/mol. The van der Waals surface area contributed by atoms with Crippen molar-refractivity contribution in [1.29, 1.82) is 0 Å². The molecule has 1 aromatic carbocycles. The van der Waals surface area contributed by atoms with Crippen molar-refractivity contribution < 1.29 is 4.39 Å². The second-order valence-corrected chi connectivity index (χ2v) is 5.17. The first-order valence-corrected chi connectivity index (χ1v) is 6.06. The van der Waals surface area contributed by atoms with Crippen molar-refractivity contribution in [2.75, 3.05) is 31.1 Å². The molecular weight excluding hydrogens is 306 g/mol. The van der Waals surface area contributed by atoms with E-state index in [9.17, 15) is 4.39 Å². The summed E-state index contributed by atoms with van der Waals surface area (Å²) in [5, 5.41) is 0. The average molecular weight is 320 g/mol. The van der Waals surface area contributed by atoms with Gasteiger partial charge in [-0.1, -0.05) is 12.1 Å². The smallest absolute Gasteiger partial charge is 0.146 e. The third kappa shape index (κ3) is 2.42. The maximum absolute atomic E-state index is 13.7. The van der Waals surface area contributed by atoms with Gasteiger partial charge in [-0.25, -0.2) is 7.50 Å². The predicted molar refractivity (Wildman–Crippen MR) is 68.9 cm³/mol. The van der Waals surface area contributed by atoms with Gasteiger partial charge in [0.25, 0.3) is 0 Å². The Kier molecular flexibility index (Phi) is 3.45. The quantitative estimate of drug-likeness (QED) is 0.580. The number of hydrogen-bond acceptors (Lipinski definition) is 2. The summed E-state index contributed by atoms with van der Waals surface area (Å²) < 4.78 is 15.9. The van der Waals surface area contributed by atoms with Crippen LogP contribution >= 0.6 is 22.9 Å². The molecule has 2 nitrogen and oxygen atoms in total. The molecule has 2 rings (SSSR count). The van der Waals surface area contributed by atoms with Crippen LogP contribution in [0, 0.1) is 12.7 Å². The van der Waals surface area contributed by atoms with Crippen molar-refractivity contribution >= 4 is 28.6 Å². The molecule has 4 heteroatoms. The summed E-state index contributed by atoms with van der Waals surface area (Å²) in [4.78, 5) is 2.14. The van der Waals surface area contributed by atoms with Gasteiger partial charge < -0.3 is 4.90 Å². The molecule has 1 saturated heterocycles. The highest BCUT2D eigenvalue weighted by Gasteiger charge is 2.19. The molecule has 0 atom stereocenters. The van der Waals surface area contributed by atoms with Gasteiger partial charge in [0.1, 0.15) is 5.82 Å². The summed E-state index contributed by atoms with van der Waals surface area (Å²) in [7, 11) is 0. The number of piperazine rings is 1. The normalized spacial score (nSPS) is 18.2. The highest BCUT2D eigenvalue weighted by atomic mass is 127. The van der Waals surface area contributed by atoms with Crippen LogP contribution in [0.2, 0.25) is 0 Å². The third-order valence-corrected chi connectivity index (χ3v) is 3.69. The molecule has 1 aliphatic heterocycles. The maximum Gasteiger partial charge on any atom is 0.146 e. The van der Waals surface area contributed by atoms with Gasteiger partial charge in [-0.05, 0) is 18.6 Å². The molecule has 1 heterocycles. The number of anilines is 1. The predicted octanol–water partition coefficient (Wildman–Crippen LogP) is 2.61. The zero-order valence-corrected chi connectivity index (χ0v) is 10.9. The Balaban J connectivity index is 2.22. The molecule has 1 fully saturated rings. The van der Waals surface area contributed by atoms with Crippen molar-refractivity contribution in [3.8, 4) is 0 Å². The standard InChI is InChI=1S/C11H14FIN2/c1-9-3-2-4-10(12)11(9)14-5-7-15(13)8-6-14/h2-4H,5-8H2,1H3. The van der Waals surface area contributed by atoms with Gasteiger partial charge in [-0.3, -0.25) is 0 Å². The van der Waals surface area contributed by atoms with E-state index >= 15 is 0 Å². The number of hydrogen-bond donors (Lipinski definition) is 0. The molecule has 0 aromatic heterocycles. The Morgan fingerprint density at radius 1 is 1.20 bits per heavy atom. The molecule has 0 spiro atoms. The second kappa shape index (κ2) is 4.65. The molecule has 1 aliphatic rings. The van der Waals surface area contributed by atoms with E-state index in [1.54, 1.807) is 12.1 Å². The summed E-state index contributed by atoms with van der Waals surface area (Å²) in [5.74, 6) is -0.100. The van der Waals surface area contributed by atoms with E-state index in [0.29, 0.717) is 0 Å². The van der Waals surface area contributed by atoms with Crippen molar-refractivity contribution in [3.05, 3.63) is 29.6 Å². The Morgan fingerprint density at radius 3 is 2.47 bits per heavy atom. The van der Waals surface area contributed by atoms with Crippen molar-refractivity contribution in [3.63, 3.8) is 0 Å². The topological polar surface area (TPSA) is 6.48 Å². The van der Waals surface area contributed by atoms with Crippen LogP contribution in [-0.2, 0) is 0 Å². The van der Waals surface area contributed by atoms with E-state index < -0.39 is 0 Å². The van der Waals surface area contributed by atoms with E-state index in [2.05, 4.69) is 30.9 Å². The molecule has 0 radical (unpaired) electrons. The molecule has 0 unspecified atom stereocenters. The van der Waals surface area contributed by atoms with E-state index in [1.165, 1.54) is 0 Å². The van der Waals surface area contributed by atoms with Crippen LogP contribution < -0.4 is 4.90 Å². The van der Waals surface area contributed by atoms with Gasteiger partial charge in [0.05, 0.1) is 5.69 Å². The van der Waals surface area contributed by atoms with Crippen LogP contribution in [0.4, 0.5) is 10.1 Å². The lowest BCUT2D eigenvalue weighted by Gasteiger charge is -2.34. The minimum atomic E-state index is -0.100. The van der Waals surface area contributed by atoms with Gasteiger partial charge in [0, 0.05) is 49.0 Å². The molecule has 82 valence electrons. The van der Waals surface area contributed by atoms with Gasteiger partial charge in [0.2, 0.25) is 0 Å². The zero-order valence-electron chi connectivity index (χ0n) is 8.71. The third-order valence-electron chi connectivity index (χ3n) is 2.73. The van der Waals surface area contributed by atoms with Crippen LogP contribution in [0.15, 0.2) is 18.2 Å². The lowest BCUT2D eigenvalue weighted by molar-refractivity contribution is 0.455. The Labute approximate surface area is 104 Å². The largest absolute Gasteiger partial charge is 0.366 e. The van der Waals surface area contributed by atoms with E-state index in [4.69, 9.17) is 0 Å². The highest BCUT2D eigenvalue weighted by Crippen LogP contribution is 2.25. The Bertz CT molecular complexity index is 328. The summed E-state index contributed by atoms with van der Waals surface area (Å²) in [5.41, 5.74) is 1.80. The fourth-order valence-electron chi connectivity index (χ4n) is 1.93. The van der Waals surface area contributed by atoms with Gasteiger partial charge >= 0.3 is 0 Å². The van der Waals surface area contributed by atoms with Crippen molar-refractivity contribution in [2.24, 2.45) is 0 Å². The number of benzene rings is 1. The first-order chi connectivity index (χ1) is 7.18. The van der Waals surface area contributed by atoms with Crippen LogP contribution in [0.1, 0.15) is 5.56 Å².